The number of hydrogen-bond donors (Lipinski definition) is 0. The molecule has 0 aliphatic carbocycles. The van der Waals surface area contributed by atoms with E-state index in [1.807, 2.05) is 19.9 Å². The van der Waals surface area contributed by atoms with Gasteiger partial charge in [-0.05, 0) is 30.5 Å². The van der Waals surface area contributed by atoms with E-state index >= 15 is 0 Å². The molecular formula is C14H18O4. The Balaban J connectivity index is 3.15. The van der Waals surface area contributed by atoms with Crippen LogP contribution in [0, 0.1) is 0 Å². The molecule has 0 aromatic heterocycles. The van der Waals surface area contributed by atoms with Crippen LogP contribution in [0.5, 0.6) is 5.75 Å². The minimum atomic E-state index is -0.850. The Kier molecular flexibility index (Phi) is 4.89. The van der Waals surface area contributed by atoms with Gasteiger partial charge in [0.1, 0.15) is 5.75 Å². The molecule has 0 spiro atoms. The number of benzene rings is 1. The molecule has 0 saturated heterocycles. The first kappa shape index (κ1) is 14.2. The Morgan fingerprint density at radius 2 is 1.94 bits per heavy atom. The Morgan fingerprint density at radius 3 is 2.44 bits per heavy atom. The summed E-state index contributed by atoms with van der Waals surface area (Å²) in [6, 6.07) is 5.26. The van der Waals surface area contributed by atoms with Crippen molar-refractivity contribution in [2.45, 2.75) is 26.7 Å². The van der Waals surface area contributed by atoms with Crippen molar-refractivity contribution in [2.24, 2.45) is 0 Å². The summed E-state index contributed by atoms with van der Waals surface area (Å²) in [5.41, 5.74) is 1.23. The molecule has 18 heavy (non-hydrogen) atoms. The van der Waals surface area contributed by atoms with Crippen LogP contribution in [-0.2, 0) is 9.53 Å². The van der Waals surface area contributed by atoms with Crippen LogP contribution >= 0.6 is 0 Å². The van der Waals surface area contributed by atoms with Gasteiger partial charge in [-0.1, -0.05) is 19.9 Å². The lowest BCUT2D eigenvalue weighted by molar-refractivity contribution is -0.137. The molecule has 1 aromatic carbocycles. The average Bonchev–Trinajstić information content (AvgIpc) is 2.37. The molecule has 0 amide bonds. The van der Waals surface area contributed by atoms with Gasteiger partial charge in [-0.25, -0.2) is 4.79 Å². The lowest BCUT2D eigenvalue weighted by Gasteiger charge is -2.11. The topological polar surface area (TPSA) is 52.6 Å². The van der Waals surface area contributed by atoms with Crippen LogP contribution in [0.3, 0.4) is 0 Å². The molecule has 0 aliphatic rings. The van der Waals surface area contributed by atoms with E-state index in [4.69, 9.17) is 9.47 Å². The highest BCUT2D eigenvalue weighted by Gasteiger charge is 2.22. The van der Waals surface area contributed by atoms with Gasteiger partial charge in [0.25, 0.3) is 5.78 Å². The summed E-state index contributed by atoms with van der Waals surface area (Å²) in [7, 11) is 1.46. The van der Waals surface area contributed by atoms with Crippen molar-refractivity contribution in [1.82, 2.24) is 0 Å². The Labute approximate surface area is 107 Å². The molecule has 0 unspecified atom stereocenters. The van der Waals surface area contributed by atoms with E-state index in [9.17, 15) is 9.59 Å². The van der Waals surface area contributed by atoms with E-state index in [-0.39, 0.29) is 18.1 Å². The third-order valence-corrected chi connectivity index (χ3v) is 2.60. The maximum atomic E-state index is 11.9. The van der Waals surface area contributed by atoms with Crippen molar-refractivity contribution in [3.63, 3.8) is 0 Å². The SMILES string of the molecule is CCOC(=O)C(=O)c1cc(C(C)C)ccc1OC. The van der Waals surface area contributed by atoms with Crippen molar-refractivity contribution in [1.29, 1.82) is 0 Å². The molecule has 0 radical (unpaired) electrons. The molecule has 0 atom stereocenters. The van der Waals surface area contributed by atoms with Gasteiger partial charge in [0.05, 0.1) is 19.3 Å². The zero-order valence-electron chi connectivity index (χ0n) is 11.1. The maximum absolute atomic E-state index is 11.9. The van der Waals surface area contributed by atoms with Crippen LogP contribution in [0.25, 0.3) is 0 Å². The predicted molar refractivity (Wildman–Crippen MR) is 68.0 cm³/mol. The highest BCUT2D eigenvalue weighted by molar-refractivity contribution is 6.41. The normalized spacial score (nSPS) is 10.3. The summed E-state index contributed by atoms with van der Waals surface area (Å²) in [5.74, 6) is -0.866. The van der Waals surface area contributed by atoms with Crippen molar-refractivity contribution >= 4 is 11.8 Å². The van der Waals surface area contributed by atoms with Crippen molar-refractivity contribution in [3.8, 4) is 5.75 Å². The Bertz CT molecular complexity index is 449. The van der Waals surface area contributed by atoms with Gasteiger partial charge in [-0.15, -0.1) is 0 Å². The quantitative estimate of drug-likeness (QED) is 0.458. The van der Waals surface area contributed by atoms with E-state index in [2.05, 4.69) is 0 Å². The van der Waals surface area contributed by atoms with E-state index in [1.165, 1.54) is 7.11 Å². The zero-order valence-corrected chi connectivity index (χ0v) is 11.1. The van der Waals surface area contributed by atoms with Crippen LogP contribution in [0.1, 0.15) is 42.6 Å². The lowest BCUT2D eigenvalue weighted by atomic mass is 9.98. The third kappa shape index (κ3) is 3.09. The fourth-order valence-corrected chi connectivity index (χ4v) is 1.57. The van der Waals surface area contributed by atoms with E-state index in [1.54, 1.807) is 19.1 Å². The van der Waals surface area contributed by atoms with Gasteiger partial charge in [-0.3, -0.25) is 4.79 Å². The second-order valence-electron chi connectivity index (χ2n) is 4.16. The van der Waals surface area contributed by atoms with Gasteiger partial charge in [-0.2, -0.15) is 0 Å². The van der Waals surface area contributed by atoms with Crippen molar-refractivity contribution < 1.29 is 19.1 Å². The standard InChI is InChI=1S/C14H18O4/c1-5-18-14(16)13(15)11-8-10(9(2)3)6-7-12(11)17-4/h6-9H,5H2,1-4H3. The maximum Gasteiger partial charge on any atom is 0.379 e. The third-order valence-electron chi connectivity index (χ3n) is 2.60. The van der Waals surface area contributed by atoms with Crippen LogP contribution in [-0.4, -0.2) is 25.5 Å². The molecule has 98 valence electrons. The second kappa shape index (κ2) is 6.19. The number of methoxy groups -OCH3 is 1. The highest BCUT2D eigenvalue weighted by atomic mass is 16.5. The summed E-state index contributed by atoms with van der Waals surface area (Å²) in [5, 5.41) is 0. The van der Waals surface area contributed by atoms with Crippen LogP contribution in [0.2, 0.25) is 0 Å². The van der Waals surface area contributed by atoms with E-state index in [0.717, 1.165) is 5.56 Å². The number of esters is 1. The van der Waals surface area contributed by atoms with Crippen LogP contribution < -0.4 is 4.74 Å². The number of carbonyl (C=O) groups is 2. The van der Waals surface area contributed by atoms with Crippen molar-refractivity contribution in [3.05, 3.63) is 29.3 Å². The molecule has 0 heterocycles. The van der Waals surface area contributed by atoms with Gasteiger partial charge in [0, 0.05) is 0 Å². The number of rotatable bonds is 5. The first-order valence-electron chi connectivity index (χ1n) is 5.90. The molecule has 4 nitrogen and oxygen atoms in total. The summed E-state index contributed by atoms with van der Waals surface area (Å²) in [6.45, 7) is 5.87. The first-order valence-corrected chi connectivity index (χ1v) is 5.90. The zero-order chi connectivity index (χ0) is 13.7. The first-order chi connectivity index (χ1) is 8.51. The fraction of sp³-hybridized carbons (Fsp3) is 0.429. The number of ketones is 1. The average molecular weight is 250 g/mol. The molecule has 0 bridgehead atoms. The largest absolute Gasteiger partial charge is 0.496 e. The van der Waals surface area contributed by atoms with Crippen LogP contribution in [0.15, 0.2) is 18.2 Å². The number of ether oxygens (including phenoxy) is 2. The number of hydrogen-bond acceptors (Lipinski definition) is 4. The highest BCUT2D eigenvalue weighted by Crippen LogP contribution is 2.24. The van der Waals surface area contributed by atoms with E-state index < -0.39 is 11.8 Å². The minimum Gasteiger partial charge on any atom is -0.496 e. The van der Waals surface area contributed by atoms with Gasteiger partial charge < -0.3 is 9.47 Å². The molecule has 0 fully saturated rings. The van der Waals surface area contributed by atoms with Gasteiger partial charge >= 0.3 is 5.97 Å². The molecule has 0 saturated carbocycles. The summed E-state index contributed by atoms with van der Waals surface area (Å²) >= 11 is 0. The monoisotopic (exact) mass is 250 g/mol. The number of Topliss-reactive ketones (excluding diaryl/α,β-unsaturated/α-hetero) is 1. The Morgan fingerprint density at radius 1 is 1.28 bits per heavy atom. The number of carbonyl (C=O) groups excluding carboxylic acids is 2. The van der Waals surface area contributed by atoms with E-state index in [0.29, 0.717) is 5.75 Å². The minimum absolute atomic E-state index is 0.177. The molecular weight excluding hydrogens is 232 g/mol. The predicted octanol–water partition coefficient (Wildman–Crippen LogP) is 2.56. The molecule has 0 aliphatic heterocycles. The van der Waals surface area contributed by atoms with Gasteiger partial charge in [0.15, 0.2) is 0 Å². The van der Waals surface area contributed by atoms with Crippen molar-refractivity contribution in [2.75, 3.05) is 13.7 Å². The lowest BCUT2D eigenvalue weighted by Crippen LogP contribution is -2.18. The smallest absolute Gasteiger partial charge is 0.379 e. The fourth-order valence-electron chi connectivity index (χ4n) is 1.57. The summed E-state index contributed by atoms with van der Waals surface area (Å²) < 4.78 is 9.81. The molecule has 1 rings (SSSR count). The second-order valence-corrected chi connectivity index (χ2v) is 4.16. The van der Waals surface area contributed by atoms with Crippen LogP contribution in [0.4, 0.5) is 0 Å². The summed E-state index contributed by atoms with van der Waals surface area (Å²) in [6.07, 6.45) is 0. The van der Waals surface area contributed by atoms with Gasteiger partial charge in [0.2, 0.25) is 0 Å². The molecule has 1 aromatic rings. The molecule has 4 heteroatoms. The Hall–Kier alpha value is -1.84. The molecule has 0 N–H and O–H groups in total. The summed E-state index contributed by atoms with van der Waals surface area (Å²) in [4.78, 5) is 23.4.